The molecule has 88 valence electrons. The van der Waals surface area contributed by atoms with E-state index in [0.29, 0.717) is 0 Å². The van der Waals surface area contributed by atoms with E-state index in [1.54, 1.807) is 0 Å². The molecular weight excluding hydrogens is 196 g/mol. The zero-order valence-corrected chi connectivity index (χ0v) is 10.6. The number of benzene rings is 1. The molecule has 0 aliphatic carbocycles. The Morgan fingerprint density at radius 1 is 1.31 bits per heavy atom. The third kappa shape index (κ3) is 2.00. The van der Waals surface area contributed by atoms with Gasteiger partial charge in [-0.15, -0.1) is 0 Å². The van der Waals surface area contributed by atoms with Crippen LogP contribution in [0, 0.1) is 0 Å². The molecular formula is C14H22N2. The molecule has 1 N–H and O–H groups in total. The number of likely N-dealkylation sites (tertiary alicyclic amines) is 1. The first-order valence-corrected chi connectivity index (χ1v) is 6.17. The fourth-order valence-electron chi connectivity index (χ4n) is 2.64. The van der Waals surface area contributed by atoms with Gasteiger partial charge in [-0.2, -0.15) is 0 Å². The Morgan fingerprint density at radius 3 is 2.44 bits per heavy atom. The van der Waals surface area contributed by atoms with Crippen LogP contribution in [0.25, 0.3) is 0 Å². The summed E-state index contributed by atoms with van der Waals surface area (Å²) in [5.41, 5.74) is 3.01. The molecule has 1 aromatic carbocycles. The highest BCUT2D eigenvalue weighted by Gasteiger charge is 2.36. The Labute approximate surface area is 98.7 Å². The molecule has 0 radical (unpaired) electrons. The minimum Gasteiger partial charge on any atom is -0.309 e. The van der Waals surface area contributed by atoms with E-state index < -0.39 is 0 Å². The van der Waals surface area contributed by atoms with Gasteiger partial charge in [0.2, 0.25) is 0 Å². The van der Waals surface area contributed by atoms with Crippen LogP contribution in [-0.2, 0) is 12.0 Å². The first kappa shape index (κ1) is 11.6. The van der Waals surface area contributed by atoms with E-state index in [0.717, 1.165) is 13.0 Å². The molecule has 1 aliphatic rings. The van der Waals surface area contributed by atoms with Crippen molar-refractivity contribution >= 4 is 0 Å². The minimum atomic E-state index is 0.168. The largest absolute Gasteiger partial charge is 0.309 e. The van der Waals surface area contributed by atoms with Gasteiger partial charge in [0.25, 0.3) is 0 Å². The van der Waals surface area contributed by atoms with Crippen LogP contribution in [0.5, 0.6) is 0 Å². The molecule has 1 fully saturated rings. The lowest BCUT2D eigenvalue weighted by molar-refractivity contribution is 0.334. The first-order chi connectivity index (χ1) is 7.70. The summed E-state index contributed by atoms with van der Waals surface area (Å²) in [6.45, 7) is 4.48. The lowest BCUT2D eigenvalue weighted by atomic mass is 9.88. The van der Waals surface area contributed by atoms with Crippen LogP contribution >= 0.6 is 0 Å². The van der Waals surface area contributed by atoms with E-state index in [2.05, 4.69) is 55.5 Å². The smallest absolute Gasteiger partial charge is 0.0573 e. The van der Waals surface area contributed by atoms with Crippen molar-refractivity contribution in [2.75, 3.05) is 27.2 Å². The van der Waals surface area contributed by atoms with Crippen molar-refractivity contribution in [1.29, 1.82) is 0 Å². The fraction of sp³-hybridized carbons (Fsp3) is 0.571. The van der Waals surface area contributed by atoms with Crippen molar-refractivity contribution in [3.8, 4) is 0 Å². The molecule has 2 nitrogen and oxygen atoms in total. The van der Waals surface area contributed by atoms with E-state index in [4.69, 9.17) is 0 Å². The number of nitrogens with zero attached hydrogens (tertiary/aromatic N) is 1. The quantitative estimate of drug-likeness (QED) is 0.835. The van der Waals surface area contributed by atoms with Crippen LogP contribution in [0.2, 0.25) is 0 Å². The van der Waals surface area contributed by atoms with Gasteiger partial charge in [0.1, 0.15) is 0 Å². The summed E-state index contributed by atoms with van der Waals surface area (Å²) in [6.07, 6.45) is 2.32. The van der Waals surface area contributed by atoms with Gasteiger partial charge in [0, 0.05) is 13.1 Å². The van der Waals surface area contributed by atoms with E-state index in [9.17, 15) is 0 Å². The SMILES string of the molecule is CCc1ccc(C2(NC)CCN(C)C2)cc1. The molecule has 1 aliphatic heterocycles. The Hall–Kier alpha value is -0.860. The van der Waals surface area contributed by atoms with Crippen molar-refractivity contribution in [3.05, 3.63) is 35.4 Å². The van der Waals surface area contributed by atoms with Crippen LogP contribution in [-0.4, -0.2) is 32.1 Å². The molecule has 2 heteroatoms. The lowest BCUT2D eigenvalue weighted by Crippen LogP contribution is -2.42. The van der Waals surface area contributed by atoms with Gasteiger partial charge >= 0.3 is 0 Å². The Kier molecular flexibility index (Phi) is 3.31. The zero-order chi connectivity index (χ0) is 11.6. The summed E-state index contributed by atoms with van der Waals surface area (Å²) in [7, 11) is 4.27. The summed E-state index contributed by atoms with van der Waals surface area (Å²) in [5, 5.41) is 3.52. The highest BCUT2D eigenvalue weighted by Crippen LogP contribution is 2.31. The standard InChI is InChI=1S/C14H22N2/c1-4-12-5-7-13(8-6-12)14(15-2)9-10-16(3)11-14/h5-8,15H,4,9-11H2,1-3H3. The molecule has 1 heterocycles. The van der Waals surface area contributed by atoms with Crippen LogP contribution in [0.3, 0.4) is 0 Å². The molecule has 0 saturated carbocycles. The molecule has 16 heavy (non-hydrogen) atoms. The van der Waals surface area contributed by atoms with Gasteiger partial charge in [0.15, 0.2) is 0 Å². The number of aryl methyl sites for hydroxylation is 1. The van der Waals surface area contributed by atoms with Gasteiger partial charge in [-0.05, 0) is 38.1 Å². The molecule has 1 unspecified atom stereocenters. The third-order valence-corrected chi connectivity index (χ3v) is 3.85. The topological polar surface area (TPSA) is 15.3 Å². The van der Waals surface area contributed by atoms with Crippen molar-refractivity contribution in [1.82, 2.24) is 10.2 Å². The second-order valence-electron chi connectivity index (χ2n) is 4.87. The van der Waals surface area contributed by atoms with E-state index >= 15 is 0 Å². The molecule has 2 rings (SSSR count). The van der Waals surface area contributed by atoms with Crippen LogP contribution < -0.4 is 5.32 Å². The average molecular weight is 218 g/mol. The van der Waals surface area contributed by atoms with E-state index in [-0.39, 0.29) is 5.54 Å². The van der Waals surface area contributed by atoms with Crippen molar-refractivity contribution < 1.29 is 0 Å². The average Bonchev–Trinajstić information content (AvgIpc) is 2.72. The number of nitrogens with one attached hydrogen (secondary N) is 1. The van der Waals surface area contributed by atoms with Crippen LogP contribution in [0.1, 0.15) is 24.5 Å². The summed E-state index contributed by atoms with van der Waals surface area (Å²) in [6, 6.07) is 9.09. The van der Waals surface area contributed by atoms with E-state index in [1.807, 2.05) is 0 Å². The molecule has 0 amide bonds. The summed E-state index contributed by atoms with van der Waals surface area (Å²) < 4.78 is 0. The highest BCUT2D eigenvalue weighted by molar-refractivity contribution is 5.30. The maximum Gasteiger partial charge on any atom is 0.0573 e. The summed E-state index contributed by atoms with van der Waals surface area (Å²) in [4.78, 5) is 2.39. The van der Waals surface area contributed by atoms with Gasteiger partial charge in [-0.25, -0.2) is 0 Å². The molecule has 0 aromatic heterocycles. The third-order valence-electron chi connectivity index (χ3n) is 3.85. The van der Waals surface area contributed by atoms with Crippen molar-refractivity contribution in [2.24, 2.45) is 0 Å². The number of hydrogen-bond acceptors (Lipinski definition) is 2. The second-order valence-corrected chi connectivity index (χ2v) is 4.87. The van der Waals surface area contributed by atoms with Gasteiger partial charge in [-0.1, -0.05) is 31.2 Å². The van der Waals surface area contributed by atoms with Crippen molar-refractivity contribution in [3.63, 3.8) is 0 Å². The van der Waals surface area contributed by atoms with Gasteiger partial charge in [-0.3, -0.25) is 0 Å². The monoisotopic (exact) mass is 218 g/mol. The Morgan fingerprint density at radius 2 is 2.00 bits per heavy atom. The predicted octanol–water partition coefficient (Wildman–Crippen LogP) is 2.00. The normalized spacial score (nSPS) is 26.2. The molecule has 0 spiro atoms. The van der Waals surface area contributed by atoms with Crippen LogP contribution in [0.15, 0.2) is 24.3 Å². The Balaban J connectivity index is 2.26. The maximum absolute atomic E-state index is 3.52. The highest BCUT2D eigenvalue weighted by atomic mass is 15.2. The molecule has 0 bridgehead atoms. The van der Waals surface area contributed by atoms with Gasteiger partial charge in [0.05, 0.1) is 5.54 Å². The van der Waals surface area contributed by atoms with E-state index in [1.165, 1.54) is 24.1 Å². The Bertz CT molecular complexity index is 344. The number of likely N-dealkylation sites (N-methyl/N-ethyl adjacent to an activating group) is 2. The minimum absolute atomic E-state index is 0.168. The lowest BCUT2D eigenvalue weighted by Gasteiger charge is -2.29. The zero-order valence-electron chi connectivity index (χ0n) is 10.6. The second kappa shape index (κ2) is 4.56. The molecule has 1 atom stereocenters. The van der Waals surface area contributed by atoms with Crippen LogP contribution in [0.4, 0.5) is 0 Å². The predicted molar refractivity (Wildman–Crippen MR) is 68.7 cm³/mol. The summed E-state index contributed by atoms with van der Waals surface area (Å²) >= 11 is 0. The van der Waals surface area contributed by atoms with Gasteiger partial charge < -0.3 is 10.2 Å². The fourth-order valence-corrected chi connectivity index (χ4v) is 2.64. The molecule has 1 aromatic rings. The first-order valence-electron chi connectivity index (χ1n) is 6.17. The number of hydrogen-bond donors (Lipinski definition) is 1. The number of rotatable bonds is 3. The maximum atomic E-state index is 3.52. The molecule has 1 saturated heterocycles. The summed E-state index contributed by atoms with van der Waals surface area (Å²) in [5.74, 6) is 0. The van der Waals surface area contributed by atoms with Crippen molar-refractivity contribution in [2.45, 2.75) is 25.3 Å².